The number of thiophene rings is 3. The van der Waals surface area contributed by atoms with Gasteiger partial charge in [0, 0.05) is 50.5 Å². The van der Waals surface area contributed by atoms with E-state index in [1.54, 1.807) is 0 Å². The van der Waals surface area contributed by atoms with Crippen LogP contribution in [-0.4, -0.2) is 0 Å². The molecule has 0 aliphatic carbocycles. The lowest BCUT2D eigenvalue weighted by Gasteiger charge is -1.98. The number of rotatable bonds is 2. The number of fused-ring (bicyclic) bond motifs is 6. The third-order valence-corrected chi connectivity index (χ3v) is 9.33. The van der Waals surface area contributed by atoms with Crippen LogP contribution in [0.1, 0.15) is 9.75 Å². The van der Waals surface area contributed by atoms with E-state index in [2.05, 4.69) is 86.6 Å². The minimum atomic E-state index is 0.959. The van der Waals surface area contributed by atoms with Crippen LogP contribution in [0.2, 0.25) is 0 Å². The van der Waals surface area contributed by atoms with Crippen LogP contribution in [0.4, 0.5) is 0 Å². The molecule has 0 saturated carbocycles. The van der Waals surface area contributed by atoms with E-state index in [0.717, 1.165) is 11.2 Å². The summed E-state index contributed by atoms with van der Waals surface area (Å²) in [5.74, 6) is 0. The molecule has 4 heterocycles. The van der Waals surface area contributed by atoms with Gasteiger partial charge in [-0.05, 0) is 79.6 Å². The van der Waals surface area contributed by atoms with Gasteiger partial charge in [0.05, 0.1) is 0 Å². The molecular formula is C28H18OS3. The highest BCUT2D eigenvalue weighted by atomic mass is 32.1. The van der Waals surface area contributed by atoms with Crippen molar-refractivity contribution in [2.75, 3.05) is 0 Å². The highest BCUT2D eigenvalue weighted by Crippen LogP contribution is 2.42. The molecule has 0 spiro atoms. The minimum absolute atomic E-state index is 0.959. The Hall–Kier alpha value is -2.92. The van der Waals surface area contributed by atoms with Crippen molar-refractivity contribution in [2.45, 2.75) is 13.8 Å². The average molecular weight is 467 g/mol. The quantitative estimate of drug-likeness (QED) is 0.247. The smallest absolute Gasteiger partial charge is 0.136 e. The van der Waals surface area contributed by atoms with Crippen molar-refractivity contribution in [1.82, 2.24) is 0 Å². The first kappa shape index (κ1) is 18.6. The molecule has 4 aromatic heterocycles. The molecule has 32 heavy (non-hydrogen) atoms. The van der Waals surface area contributed by atoms with Gasteiger partial charge in [-0.2, -0.15) is 0 Å². The van der Waals surface area contributed by atoms with Gasteiger partial charge in [-0.1, -0.05) is 18.2 Å². The maximum absolute atomic E-state index is 6.35. The third kappa shape index (κ3) is 2.80. The first-order valence-corrected chi connectivity index (χ1v) is 13.0. The number of hydrogen-bond donors (Lipinski definition) is 0. The van der Waals surface area contributed by atoms with E-state index in [-0.39, 0.29) is 0 Å². The zero-order valence-electron chi connectivity index (χ0n) is 17.6. The first-order valence-electron chi connectivity index (χ1n) is 10.6. The van der Waals surface area contributed by atoms with Gasteiger partial charge in [-0.15, -0.1) is 34.0 Å². The summed E-state index contributed by atoms with van der Waals surface area (Å²) in [4.78, 5) is 5.29. The second-order valence-electron chi connectivity index (χ2n) is 8.29. The molecule has 0 saturated heterocycles. The van der Waals surface area contributed by atoms with Gasteiger partial charge < -0.3 is 4.42 Å². The van der Waals surface area contributed by atoms with Gasteiger partial charge in [0.25, 0.3) is 0 Å². The van der Waals surface area contributed by atoms with Crippen molar-refractivity contribution in [2.24, 2.45) is 0 Å². The minimum Gasteiger partial charge on any atom is -0.456 e. The topological polar surface area (TPSA) is 13.1 Å². The van der Waals surface area contributed by atoms with Gasteiger partial charge in [0.15, 0.2) is 0 Å². The van der Waals surface area contributed by atoms with Crippen molar-refractivity contribution < 1.29 is 4.42 Å². The molecule has 0 fully saturated rings. The monoisotopic (exact) mass is 466 g/mol. The van der Waals surface area contributed by atoms with Crippen molar-refractivity contribution in [3.63, 3.8) is 0 Å². The van der Waals surface area contributed by atoms with Crippen LogP contribution in [0, 0.1) is 13.8 Å². The van der Waals surface area contributed by atoms with E-state index >= 15 is 0 Å². The highest BCUT2D eigenvalue weighted by Gasteiger charge is 2.14. The van der Waals surface area contributed by atoms with Crippen LogP contribution in [0.3, 0.4) is 0 Å². The maximum Gasteiger partial charge on any atom is 0.136 e. The average Bonchev–Trinajstić information content (AvgIpc) is 3.56. The summed E-state index contributed by atoms with van der Waals surface area (Å²) in [6, 6.07) is 26.8. The summed E-state index contributed by atoms with van der Waals surface area (Å²) in [5, 5.41) is 4.96. The summed E-state index contributed by atoms with van der Waals surface area (Å²) in [6.07, 6.45) is 0. The molecule has 1 nitrogen and oxygen atoms in total. The van der Waals surface area contributed by atoms with Gasteiger partial charge in [0.1, 0.15) is 11.2 Å². The Labute approximate surface area is 197 Å². The molecule has 0 bridgehead atoms. The van der Waals surface area contributed by atoms with Crippen molar-refractivity contribution in [3.05, 3.63) is 82.6 Å². The molecule has 0 aliphatic rings. The molecule has 0 aliphatic heterocycles. The van der Waals surface area contributed by atoms with E-state index in [4.69, 9.17) is 4.42 Å². The lowest BCUT2D eigenvalue weighted by molar-refractivity contribution is 0.669. The molecule has 0 N–H and O–H groups in total. The molecule has 0 radical (unpaired) electrons. The van der Waals surface area contributed by atoms with Crippen LogP contribution in [0.15, 0.2) is 77.2 Å². The Bertz CT molecular complexity index is 1670. The number of hydrogen-bond acceptors (Lipinski definition) is 4. The van der Waals surface area contributed by atoms with E-state index in [1.165, 1.54) is 61.6 Å². The van der Waals surface area contributed by atoms with Crippen LogP contribution in [0.5, 0.6) is 0 Å². The van der Waals surface area contributed by atoms with E-state index in [9.17, 15) is 0 Å². The summed E-state index contributed by atoms with van der Waals surface area (Å²) >= 11 is 5.55. The molecule has 7 rings (SSSR count). The van der Waals surface area contributed by atoms with Gasteiger partial charge in [-0.25, -0.2) is 0 Å². The van der Waals surface area contributed by atoms with Crippen molar-refractivity contribution in [1.29, 1.82) is 0 Å². The second-order valence-corrected chi connectivity index (χ2v) is 12.0. The number of furan rings is 1. The normalized spacial score (nSPS) is 12.1. The summed E-state index contributed by atoms with van der Waals surface area (Å²) in [5.41, 5.74) is 4.44. The molecule has 0 unspecified atom stereocenters. The summed E-state index contributed by atoms with van der Waals surface area (Å²) in [7, 11) is 0. The third-order valence-electron chi connectivity index (χ3n) is 6.11. The molecule has 0 atom stereocenters. The predicted molar refractivity (Wildman–Crippen MR) is 143 cm³/mol. The molecular weight excluding hydrogens is 449 g/mol. The largest absolute Gasteiger partial charge is 0.456 e. The molecule has 0 amide bonds. The lowest BCUT2D eigenvalue weighted by atomic mass is 10.1. The maximum atomic E-state index is 6.35. The van der Waals surface area contributed by atoms with Crippen LogP contribution < -0.4 is 0 Å². The van der Waals surface area contributed by atoms with Crippen LogP contribution >= 0.6 is 34.0 Å². The van der Waals surface area contributed by atoms with E-state index < -0.39 is 0 Å². The first-order chi connectivity index (χ1) is 15.6. The van der Waals surface area contributed by atoms with Gasteiger partial charge in [0.2, 0.25) is 0 Å². The van der Waals surface area contributed by atoms with Gasteiger partial charge in [-0.3, -0.25) is 0 Å². The van der Waals surface area contributed by atoms with E-state index in [0.29, 0.717) is 0 Å². The second kappa shape index (κ2) is 6.79. The number of benzene rings is 3. The Balaban J connectivity index is 1.41. The fraction of sp³-hybridized carbons (Fsp3) is 0.0714. The van der Waals surface area contributed by atoms with E-state index in [1.807, 2.05) is 34.0 Å². The Kier molecular flexibility index (Phi) is 3.95. The molecule has 154 valence electrons. The standard InChI is InChI=1S/C28H18OS3/c1-15-3-9-25(30-15)17-5-7-19-21-14-28-22(13-24(21)29-23(19)11-17)20-8-6-18(12-27(20)32-28)26-10-4-16(2)31-26/h3-14H,1-2H3. The lowest BCUT2D eigenvalue weighted by Crippen LogP contribution is -1.72. The fourth-order valence-electron chi connectivity index (χ4n) is 4.53. The SMILES string of the molecule is Cc1ccc(-c2ccc3c(c2)oc2cc4c(cc23)sc2cc(-c3ccc(C)s3)ccc24)s1. The van der Waals surface area contributed by atoms with Crippen LogP contribution in [-0.2, 0) is 0 Å². The Morgan fingerprint density at radius 2 is 1.12 bits per heavy atom. The zero-order valence-corrected chi connectivity index (χ0v) is 20.0. The highest BCUT2D eigenvalue weighted by molar-refractivity contribution is 7.26. The zero-order chi connectivity index (χ0) is 21.4. The number of aryl methyl sites for hydroxylation is 2. The summed E-state index contributed by atoms with van der Waals surface area (Å²) in [6.45, 7) is 4.31. The molecule has 7 aromatic rings. The van der Waals surface area contributed by atoms with Crippen molar-refractivity contribution in [3.8, 4) is 20.9 Å². The Morgan fingerprint density at radius 3 is 1.81 bits per heavy atom. The summed E-state index contributed by atoms with van der Waals surface area (Å²) < 4.78 is 9.00. The molecule has 4 heteroatoms. The molecule has 3 aromatic carbocycles. The Morgan fingerprint density at radius 1 is 0.500 bits per heavy atom. The fourth-order valence-corrected chi connectivity index (χ4v) is 7.43. The predicted octanol–water partition coefficient (Wildman–Crippen LogP) is 10.0. The van der Waals surface area contributed by atoms with Crippen LogP contribution in [0.25, 0.3) is 63.0 Å². The van der Waals surface area contributed by atoms with Gasteiger partial charge >= 0.3 is 0 Å². The van der Waals surface area contributed by atoms with Crippen molar-refractivity contribution >= 4 is 76.1 Å².